The van der Waals surface area contributed by atoms with Crippen molar-refractivity contribution in [3.63, 3.8) is 0 Å². The molecule has 0 amide bonds. The van der Waals surface area contributed by atoms with Gasteiger partial charge in [0, 0.05) is 19.7 Å². The Morgan fingerprint density at radius 3 is 3.06 bits per heavy atom. The molecule has 0 aliphatic heterocycles. The molecule has 16 heavy (non-hydrogen) atoms. The summed E-state index contributed by atoms with van der Waals surface area (Å²) in [5.41, 5.74) is 0.916. The van der Waals surface area contributed by atoms with E-state index in [-0.39, 0.29) is 0 Å². The molecule has 0 fully saturated rings. The van der Waals surface area contributed by atoms with Crippen LogP contribution in [0.3, 0.4) is 0 Å². The Kier molecular flexibility index (Phi) is 6.80. The first kappa shape index (κ1) is 13.2. The molecule has 0 aliphatic rings. The molecule has 5 nitrogen and oxygen atoms in total. The second-order valence-electron chi connectivity index (χ2n) is 3.51. The maximum atomic E-state index is 5.32. The van der Waals surface area contributed by atoms with Crippen LogP contribution in [0, 0.1) is 0 Å². The molecule has 0 radical (unpaired) electrons. The molecule has 0 spiro atoms. The summed E-state index contributed by atoms with van der Waals surface area (Å²) in [6, 6.07) is 1.91. The van der Waals surface area contributed by atoms with Gasteiger partial charge in [-0.15, -0.1) is 0 Å². The number of aromatic nitrogens is 1. The van der Waals surface area contributed by atoms with Gasteiger partial charge in [0.1, 0.15) is 6.61 Å². The third kappa shape index (κ3) is 5.25. The average molecular weight is 228 g/mol. The van der Waals surface area contributed by atoms with Crippen LogP contribution >= 0.6 is 0 Å². The lowest BCUT2D eigenvalue weighted by Gasteiger charge is -1.99. The molecule has 0 unspecified atom stereocenters. The third-order valence-corrected chi connectivity index (χ3v) is 2.02. The van der Waals surface area contributed by atoms with E-state index in [1.807, 2.05) is 6.07 Å². The van der Waals surface area contributed by atoms with Gasteiger partial charge in [-0.2, -0.15) is 0 Å². The molecular weight excluding hydrogens is 208 g/mol. The molecule has 0 aromatic carbocycles. The summed E-state index contributed by atoms with van der Waals surface area (Å²) in [7, 11) is 1.65. The second kappa shape index (κ2) is 8.27. The highest BCUT2D eigenvalue weighted by Gasteiger charge is 2.03. The highest BCUT2D eigenvalue weighted by molar-refractivity contribution is 5.04. The summed E-state index contributed by atoms with van der Waals surface area (Å²) < 4.78 is 15.3. The van der Waals surface area contributed by atoms with Gasteiger partial charge in [0.15, 0.2) is 5.76 Å². The predicted octanol–water partition coefficient (Wildman–Crippen LogP) is 1.34. The van der Waals surface area contributed by atoms with Crippen molar-refractivity contribution < 1.29 is 14.0 Å². The molecule has 1 rings (SSSR count). The van der Waals surface area contributed by atoms with E-state index >= 15 is 0 Å². The van der Waals surface area contributed by atoms with Crippen molar-refractivity contribution in [1.82, 2.24) is 10.5 Å². The van der Waals surface area contributed by atoms with Crippen LogP contribution in [0.1, 0.15) is 24.8 Å². The number of hydrogen-bond donors (Lipinski definition) is 1. The maximum Gasteiger partial charge on any atom is 0.162 e. The number of ether oxygens (including phenoxy) is 2. The van der Waals surface area contributed by atoms with E-state index < -0.39 is 0 Å². The number of hydrogen-bond acceptors (Lipinski definition) is 5. The summed E-state index contributed by atoms with van der Waals surface area (Å²) in [6.07, 6.45) is 1.12. The number of rotatable bonds is 9. The van der Waals surface area contributed by atoms with E-state index in [4.69, 9.17) is 14.0 Å². The van der Waals surface area contributed by atoms with Gasteiger partial charge < -0.3 is 19.3 Å². The van der Waals surface area contributed by atoms with E-state index in [0.29, 0.717) is 19.8 Å². The lowest BCUT2D eigenvalue weighted by atomic mass is 10.3. The predicted molar refractivity (Wildman–Crippen MR) is 60.0 cm³/mol. The Labute approximate surface area is 96.1 Å². The summed E-state index contributed by atoms with van der Waals surface area (Å²) in [5.74, 6) is 0.754. The lowest BCUT2D eigenvalue weighted by Crippen LogP contribution is -2.13. The Bertz CT molecular complexity index is 276. The molecule has 1 aromatic heterocycles. The summed E-state index contributed by atoms with van der Waals surface area (Å²) in [5, 5.41) is 7.20. The maximum absolute atomic E-state index is 5.32. The molecule has 1 N–H and O–H groups in total. The van der Waals surface area contributed by atoms with Gasteiger partial charge in [-0.3, -0.25) is 0 Å². The number of nitrogens with zero attached hydrogens (tertiary/aromatic N) is 1. The quantitative estimate of drug-likeness (QED) is 0.646. The molecule has 1 aromatic rings. The second-order valence-corrected chi connectivity index (χ2v) is 3.51. The first-order valence-electron chi connectivity index (χ1n) is 5.58. The monoisotopic (exact) mass is 228 g/mol. The van der Waals surface area contributed by atoms with Crippen molar-refractivity contribution in [3.8, 4) is 0 Å². The van der Waals surface area contributed by atoms with Crippen LogP contribution in [-0.2, 0) is 22.6 Å². The van der Waals surface area contributed by atoms with Crippen LogP contribution in [-0.4, -0.2) is 32.0 Å². The zero-order valence-electron chi connectivity index (χ0n) is 9.99. The minimum Gasteiger partial charge on any atom is -0.382 e. The van der Waals surface area contributed by atoms with Crippen LogP contribution < -0.4 is 5.32 Å². The fraction of sp³-hybridized carbons (Fsp3) is 0.727. The van der Waals surface area contributed by atoms with E-state index in [9.17, 15) is 0 Å². The molecule has 0 saturated carbocycles. The van der Waals surface area contributed by atoms with Crippen LogP contribution in [0.2, 0.25) is 0 Å². The van der Waals surface area contributed by atoms with Crippen molar-refractivity contribution >= 4 is 0 Å². The van der Waals surface area contributed by atoms with Gasteiger partial charge in [0.2, 0.25) is 0 Å². The highest BCUT2D eigenvalue weighted by Crippen LogP contribution is 2.04. The summed E-state index contributed by atoms with van der Waals surface area (Å²) >= 11 is 0. The Morgan fingerprint density at radius 2 is 2.31 bits per heavy atom. The first-order chi connectivity index (χ1) is 7.86. The van der Waals surface area contributed by atoms with Crippen LogP contribution in [0.5, 0.6) is 0 Å². The van der Waals surface area contributed by atoms with Crippen molar-refractivity contribution in [2.45, 2.75) is 26.5 Å². The van der Waals surface area contributed by atoms with Crippen molar-refractivity contribution in [3.05, 3.63) is 17.5 Å². The van der Waals surface area contributed by atoms with Gasteiger partial charge in [0.25, 0.3) is 0 Å². The zero-order valence-corrected chi connectivity index (χ0v) is 9.99. The molecule has 5 heteroatoms. The lowest BCUT2D eigenvalue weighted by molar-refractivity contribution is 0.0514. The molecule has 0 saturated heterocycles. The normalized spacial score (nSPS) is 10.9. The van der Waals surface area contributed by atoms with Crippen molar-refractivity contribution in [1.29, 1.82) is 0 Å². The Morgan fingerprint density at radius 1 is 1.44 bits per heavy atom. The number of nitrogens with one attached hydrogen (secondary N) is 1. The zero-order chi connectivity index (χ0) is 11.6. The SMILES string of the molecule is CCCNCc1cc(COCCOC)on1. The van der Waals surface area contributed by atoms with E-state index in [1.165, 1.54) is 0 Å². The van der Waals surface area contributed by atoms with Gasteiger partial charge in [-0.25, -0.2) is 0 Å². The Hall–Kier alpha value is -0.910. The fourth-order valence-electron chi connectivity index (χ4n) is 1.22. The van der Waals surface area contributed by atoms with E-state index in [2.05, 4.69) is 17.4 Å². The fourth-order valence-corrected chi connectivity index (χ4v) is 1.22. The molecule has 0 bridgehead atoms. The van der Waals surface area contributed by atoms with Gasteiger partial charge in [-0.1, -0.05) is 12.1 Å². The van der Waals surface area contributed by atoms with Crippen LogP contribution in [0.15, 0.2) is 10.6 Å². The Balaban J connectivity index is 2.17. The molecule has 1 heterocycles. The minimum atomic E-state index is 0.449. The van der Waals surface area contributed by atoms with E-state index in [1.54, 1.807) is 7.11 Å². The molecule has 0 atom stereocenters. The van der Waals surface area contributed by atoms with Gasteiger partial charge in [-0.05, 0) is 13.0 Å². The molecule has 92 valence electrons. The minimum absolute atomic E-state index is 0.449. The van der Waals surface area contributed by atoms with Crippen LogP contribution in [0.4, 0.5) is 0 Å². The van der Waals surface area contributed by atoms with Crippen molar-refractivity contribution in [2.75, 3.05) is 26.9 Å². The third-order valence-electron chi connectivity index (χ3n) is 2.02. The smallest absolute Gasteiger partial charge is 0.162 e. The van der Waals surface area contributed by atoms with E-state index in [0.717, 1.165) is 31.0 Å². The van der Waals surface area contributed by atoms with Crippen LogP contribution in [0.25, 0.3) is 0 Å². The average Bonchev–Trinajstić information content (AvgIpc) is 2.73. The highest BCUT2D eigenvalue weighted by atomic mass is 16.5. The molecular formula is C11H20N2O3. The first-order valence-corrected chi connectivity index (χ1v) is 5.58. The van der Waals surface area contributed by atoms with Gasteiger partial charge in [0.05, 0.1) is 18.9 Å². The van der Waals surface area contributed by atoms with Gasteiger partial charge >= 0.3 is 0 Å². The number of methoxy groups -OCH3 is 1. The summed E-state index contributed by atoms with van der Waals surface area (Å²) in [4.78, 5) is 0. The summed E-state index contributed by atoms with van der Waals surface area (Å²) in [6.45, 7) is 5.48. The topological polar surface area (TPSA) is 56.5 Å². The molecule has 0 aliphatic carbocycles. The standard InChI is InChI=1S/C11H20N2O3/c1-3-4-12-8-10-7-11(16-13-10)9-15-6-5-14-2/h7,12H,3-6,8-9H2,1-2H3. The van der Waals surface area contributed by atoms with Crippen molar-refractivity contribution in [2.24, 2.45) is 0 Å². The largest absolute Gasteiger partial charge is 0.382 e.